The molecule has 0 unspecified atom stereocenters. The molecule has 0 saturated carbocycles. The van der Waals surface area contributed by atoms with E-state index in [1.54, 1.807) is 18.4 Å². The Morgan fingerprint density at radius 3 is 2.85 bits per heavy atom. The first-order valence-corrected chi connectivity index (χ1v) is 6.55. The third-order valence-electron chi connectivity index (χ3n) is 2.85. The van der Waals surface area contributed by atoms with Crippen molar-refractivity contribution in [3.05, 3.63) is 53.7 Å². The van der Waals surface area contributed by atoms with Gasteiger partial charge in [-0.1, -0.05) is 6.07 Å². The second-order valence-electron chi connectivity index (χ2n) is 4.28. The van der Waals surface area contributed by atoms with Crippen LogP contribution in [0, 0.1) is 5.82 Å². The first kappa shape index (κ1) is 14.1. The number of nitrogens with one attached hydrogen (secondary N) is 2. The lowest BCUT2D eigenvalue weighted by Crippen LogP contribution is -2.26. The van der Waals surface area contributed by atoms with Gasteiger partial charge in [0.2, 0.25) is 0 Å². The van der Waals surface area contributed by atoms with E-state index in [9.17, 15) is 9.18 Å². The van der Waals surface area contributed by atoms with E-state index in [4.69, 9.17) is 4.42 Å². The predicted molar refractivity (Wildman–Crippen MR) is 75.3 cm³/mol. The predicted octanol–water partition coefficient (Wildman–Crippen LogP) is 2.82. The van der Waals surface area contributed by atoms with Crippen LogP contribution in [0.5, 0.6) is 0 Å². The lowest BCUT2D eigenvalue weighted by molar-refractivity contribution is 0.0954. The van der Waals surface area contributed by atoms with Gasteiger partial charge in [-0.2, -0.15) is 0 Å². The molecule has 0 fully saturated rings. The van der Waals surface area contributed by atoms with Gasteiger partial charge < -0.3 is 15.1 Å². The molecule has 0 atom stereocenters. The lowest BCUT2D eigenvalue weighted by atomic mass is 10.1. The van der Waals surface area contributed by atoms with E-state index in [0.717, 1.165) is 5.76 Å². The molecule has 5 heteroatoms. The third-order valence-corrected chi connectivity index (χ3v) is 2.85. The summed E-state index contributed by atoms with van der Waals surface area (Å²) >= 11 is 0. The Hall–Kier alpha value is -2.30. The van der Waals surface area contributed by atoms with Crippen LogP contribution >= 0.6 is 0 Å². The summed E-state index contributed by atoms with van der Waals surface area (Å²) in [5, 5.41) is 5.63. The zero-order valence-corrected chi connectivity index (χ0v) is 11.3. The summed E-state index contributed by atoms with van der Waals surface area (Å²) in [4.78, 5) is 12.1. The summed E-state index contributed by atoms with van der Waals surface area (Å²) in [5.74, 6) is 0.0778. The second kappa shape index (κ2) is 6.75. The Kier molecular flexibility index (Phi) is 4.76. The molecule has 2 N–H and O–H groups in total. The smallest absolute Gasteiger partial charge is 0.253 e. The third kappa shape index (κ3) is 3.38. The summed E-state index contributed by atoms with van der Waals surface area (Å²) in [6.07, 6.45) is 2.19. The summed E-state index contributed by atoms with van der Waals surface area (Å²) in [6.45, 7) is 2.84. The number of carbonyl (C=O) groups is 1. The molecule has 0 bridgehead atoms. The van der Waals surface area contributed by atoms with E-state index >= 15 is 0 Å². The summed E-state index contributed by atoms with van der Waals surface area (Å²) in [5.41, 5.74) is 0.553. The second-order valence-corrected chi connectivity index (χ2v) is 4.28. The van der Waals surface area contributed by atoms with E-state index in [1.165, 1.54) is 12.1 Å². The van der Waals surface area contributed by atoms with Crippen molar-refractivity contribution in [1.29, 1.82) is 0 Å². The largest absolute Gasteiger partial charge is 0.469 e. The maximum absolute atomic E-state index is 13.7. The van der Waals surface area contributed by atoms with Crippen LogP contribution < -0.4 is 10.6 Å². The number of carbonyl (C=O) groups excluding carboxylic acids is 1. The van der Waals surface area contributed by atoms with E-state index < -0.39 is 5.82 Å². The maximum Gasteiger partial charge on any atom is 0.253 e. The molecular formula is C15H17FN2O2. The van der Waals surface area contributed by atoms with Crippen LogP contribution in [0.15, 0.2) is 41.0 Å². The molecule has 1 aromatic heterocycles. The van der Waals surface area contributed by atoms with Gasteiger partial charge in [-0.15, -0.1) is 0 Å². The van der Waals surface area contributed by atoms with Crippen LogP contribution in [0.3, 0.4) is 0 Å². The maximum atomic E-state index is 13.7. The molecule has 20 heavy (non-hydrogen) atoms. The average Bonchev–Trinajstić information content (AvgIpc) is 2.94. The first-order valence-electron chi connectivity index (χ1n) is 6.55. The highest BCUT2D eigenvalue weighted by Gasteiger charge is 2.14. The van der Waals surface area contributed by atoms with Gasteiger partial charge >= 0.3 is 0 Å². The minimum Gasteiger partial charge on any atom is -0.469 e. The molecular weight excluding hydrogens is 259 g/mol. The quantitative estimate of drug-likeness (QED) is 0.853. The fourth-order valence-electron chi connectivity index (χ4n) is 1.92. The Bertz CT molecular complexity index is 567. The standard InChI is InChI=1S/C15H17FN2O2/c1-2-17-14-12(6-3-7-13(14)16)15(19)18-9-8-11-5-4-10-20-11/h3-7,10,17H,2,8-9H2,1H3,(H,18,19). The molecule has 1 aromatic carbocycles. The normalized spacial score (nSPS) is 10.3. The van der Waals surface area contributed by atoms with Crippen LogP contribution in [-0.2, 0) is 6.42 Å². The molecule has 0 spiro atoms. The lowest BCUT2D eigenvalue weighted by Gasteiger charge is -2.11. The number of hydrogen-bond donors (Lipinski definition) is 2. The van der Waals surface area contributed by atoms with Gasteiger partial charge in [-0.05, 0) is 31.2 Å². The molecule has 2 aromatic rings. The van der Waals surface area contributed by atoms with Gasteiger partial charge in [-0.3, -0.25) is 4.79 Å². The molecule has 1 heterocycles. The molecule has 0 aliphatic rings. The molecule has 4 nitrogen and oxygen atoms in total. The minimum absolute atomic E-state index is 0.241. The number of halogens is 1. The van der Waals surface area contributed by atoms with Crippen molar-refractivity contribution >= 4 is 11.6 Å². The zero-order valence-electron chi connectivity index (χ0n) is 11.3. The van der Waals surface area contributed by atoms with E-state index in [0.29, 0.717) is 25.1 Å². The number of amides is 1. The molecule has 106 valence electrons. The Labute approximate surface area is 117 Å². The monoisotopic (exact) mass is 276 g/mol. The summed E-state index contributed by atoms with van der Waals surface area (Å²) in [6, 6.07) is 8.10. The number of anilines is 1. The SMILES string of the molecule is CCNc1c(F)cccc1C(=O)NCCc1ccco1. The van der Waals surface area contributed by atoms with E-state index in [2.05, 4.69) is 10.6 Å². The zero-order chi connectivity index (χ0) is 14.4. The topological polar surface area (TPSA) is 54.3 Å². The molecule has 0 radical (unpaired) electrons. The van der Waals surface area contributed by atoms with Crippen LogP contribution in [0.25, 0.3) is 0 Å². The van der Waals surface area contributed by atoms with Crippen molar-refractivity contribution in [3.63, 3.8) is 0 Å². The molecule has 0 aliphatic heterocycles. The van der Waals surface area contributed by atoms with Crippen molar-refractivity contribution in [2.45, 2.75) is 13.3 Å². The van der Waals surface area contributed by atoms with Gasteiger partial charge in [-0.25, -0.2) is 4.39 Å². The van der Waals surface area contributed by atoms with E-state index in [1.807, 2.05) is 13.0 Å². The number of para-hydroxylation sites is 1. The Balaban J connectivity index is 1.99. The highest BCUT2D eigenvalue weighted by molar-refractivity contribution is 5.99. The number of benzene rings is 1. The number of hydrogen-bond acceptors (Lipinski definition) is 3. The van der Waals surface area contributed by atoms with Crippen LogP contribution in [0.1, 0.15) is 23.0 Å². The van der Waals surface area contributed by atoms with Crippen LogP contribution in [0.4, 0.5) is 10.1 Å². The van der Waals surface area contributed by atoms with E-state index in [-0.39, 0.29) is 11.6 Å². The van der Waals surface area contributed by atoms with Crippen molar-refractivity contribution < 1.29 is 13.6 Å². The number of furan rings is 1. The Morgan fingerprint density at radius 2 is 2.15 bits per heavy atom. The highest BCUT2D eigenvalue weighted by atomic mass is 19.1. The van der Waals surface area contributed by atoms with Crippen LogP contribution in [0.2, 0.25) is 0 Å². The van der Waals surface area contributed by atoms with Crippen molar-refractivity contribution in [3.8, 4) is 0 Å². The van der Waals surface area contributed by atoms with Crippen molar-refractivity contribution in [2.24, 2.45) is 0 Å². The van der Waals surface area contributed by atoms with Gasteiger partial charge in [0.05, 0.1) is 17.5 Å². The minimum atomic E-state index is -0.425. The van der Waals surface area contributed by atoms with Gasteiger partial charge in [0.1, 0.15) is 11.6 Å². The molecule has 0 saturated heterocycles. The molecule has 2 rings (SSSR count). The van der Waals surface area contributed by atoms with Gasteiger partial charge in [0.25, 0.3) is 5.91 Å². The summed E-state index contributed by atoms with van der Waals surface area (Å²) in [7, 11) is 0. The Morgan fingerprint density at radius 1 is 1.30 bits per heavy atom. The number of rotatable bonds is 6. The fraction of sp³-hybridized carbons (Fsp3) is 0.267. The van der Waals surface area contributed by atoms with Crippen molar-refractivity contribution in [2.75, 3.05) is 18.4 Å². The van der Waals surface area contributed by atoms with Crippen molar-refractivity contribution in [1.82, 2.24) is 5.32 Å². The molecule has 0 aliphatic carbocycles. The summed E-state index contributed by atoms with van der Waals surface area (Å²) < 4.78 is 18.9. The van der Waals surface area contributed by atoms with Gasteiger partial charge in [0, 0.05) is 19.5 Å². The average molecular weight is 276 g/mol. The molecule has 1 amide bonds. The fourth-order valence-corrected chi connectivity index (χ4v) is 1.92. The highest BCUT2D eigenvalue weighted by Crippen LogP contribution is 2.19. The van der Waals surface area contributed by atoms with Gasteiger partial charge in [0.15, 0.2) is 0 Å². The first-order chi connectivity index (χ1) is 9.72. The van der Waals surface area contributed by atoms with Crippen LogP contribution in [-0.4, -0.2) is 19.0 Å².